The van der Waals surface area contributed by atoms with Crippen molar-refractivity contribution in [2.75, 3.05) is 6.54 Å². The monoisotopic (exact) mass is 352 g/mol. The van der Waals surface area contributed by atoms with E-state index in [-0.39, 0.29) is 0 Å². The SMILES string of the molecule is CC1CCCCN1Cc1ccccc1CNCc1ccc(C(=O)O)cc1. The third-order valence-corrected chi connectivity index (χ3v) is 5.28. The normalized spacial score (nSPS) is 18.0. The first-order valence-corrected chi connectivity index (χ1v) is 9.47. The number of benzene rings is 2. The standard InChI is InChI=1S/C22H28N2O2/c1-17-6-4-5-13-24(17)16-21-8-3-2-7-20(21)15-23-14-18-9-11-19(12-10-18)22(25)26/h2-3,7-12,17,23H,4-6,13-16H2,1H3,(H,25,26). The van der Waals surface area contributed by atoms with Crippen molar-refractivity contribution in [2.45, 2.75) is 51.9 Å². The Kier molecular flexibility index (Phi) is 6.42. The van der Waals surface area contributed by atoms with Gasteiger partial charge in [-0.15, -0.1) is 0 Å². The van der Waals surface area contributed by atoms with Crippen LogP contribution in [0.3, 0.4) is 0 Å². The molecule has 1 aliphatic heterocycles. The van der Waals surface area contributed by atoms with Crippen molar-refractivity contribution in [1.29, 1.82) is 0 Å². The van der Waals surface area contributed by atoms with Gasteiger partial charge in [0.1, 0.15) is 0 Å². The molecule has 4 nitrogen and oxygen atoms in total. The van der Waals surface area contributed by atoms with Crippen molar-refractivity contribution in [3.05, 3.63) is 70.8 Å². The lowest BCUT2D eigenvalue weighted by atomic mass is 10.0. The number of likely N-dealkylation sites (tertiary alicyclic amines) is 1. The van der Waals surface area contributed by atoms with Crippen molar-refractivity contribution in [3.8, 4) is 0 Å². The lowest BCUT2D eigenvalue weighted by Crippen LogP contribution is -2.37. The first-order valence-electron chi connectivity index (χ1n) is 9.47. The lowest BCUT2D eigenvalue weighted by molar-refractivity contribution is 0.0697. The van der Waals surface area contributed by atoms with Crippen LogP contribution in [-0.2, 0) is 19.6 Å². The minimum Gasteiger partial charge on any atom is -0.478 e. The van der Waals surface area contributed by atoms with Crippen LogP contribution in [0.25, 0.3) is 0 Å². The zero-order valence-electron chi connectivity index (χ0n) is 15.4. The van der Waals surface area contributed by atoms with Gasteiger partial charge in [-0.1, -0.05) is 42.8 Å². The molecule has 2 N–H and O–H groups in total. The van der Waals surface area contributed by atoms with Crippen molar-refractivity contribution < 1.29 is 9.90 Å². The van der Waals surface area contributed by atoms with Gasteiger partial charge in [0.05, 0.1) is 5.56 Å². The number of nitrogens with zero attached hydrogens (tertiary/aromatic N) is 1. The Labute approximate surface area is 155 Å². The molecule has 4 heteroatoms. The van der Waals surface area contributed by atoms with Gasteiger partial charge in [0, 0.05) is 25.7 Å². The van der Waals surface area contributed by atoms with Crippen LogP contribution in [-0.4, -0.2) is 28.6 Å². The summed E-state index contributed by atoms with van der Waals surface area (Å²) in [5, 5.41) is 12.5. The average molecular weight is 352 g/mol. The van der Waals surface area contributed by atoms with Crippen LogP contribution < -0.4 is 5.32 Å². The number of carboxylic acid groups (broad SMARTS) is 1. The zero-order chi connectivity index (χ0) is 18.4. The predicted octanol–water partition coefficient (Wildman–Crippen LogP) is 4.05. The van der Waals surface area contributed by atoms with Crippen LogP contribution >= 0.6 is 0 Å². The van der Waals surface area contributed by atoms with E-state index in [1.807, 2.05) is 12.1 Å². The summed E-state index contributed by atoms with van der Waals surface area (Å²) in [5.41, 5.74) is 4.16. The quantitative estimate of drug-likeness (QED) is 0.789. The van der Waals surface area contributed by atoms with Gasteiger partial charge in [-0.2, -0.15) is 0 Å². The molecule has 1 fully saturated rings. The van der Waals surface area contributed by atoms with Gasteiger partial charge in [0.15, 0.2) is 0 Å². The summed E-state index contributed by atoms with van der Waals surface area (Å²) in [6.45, 7) is 6.10. The summed E-state index contributed by atoms with van der Waals surface area (Å²) in [6.07, 6.45) is 3.95. The van der Waals surface area contributed by atoms with Gasteiger partial charge >= 0.3 is 5.97 Å². The highest BCUT2D eigenvalue weighted by Crippen LogP contribution is 2.20. The van der Waals surface area contributed by atoms with Crippen molar-refractivity contribution in [2.24, 2.45) is 0 Å². The van der Waals surface area contributed by atoms with Gasteiger partial charge in [-0.25, -0.2) is 4.79 Å². The van der Waals surface area contributed by atoms with E-state index in [1.54, 1.807) is 12.1 Å². The Hall–Kier alpha value is -2.17. The highest BCUT2D eigenvalue weighted by molar-refractivity contribution is 5.87. The molecule has 2 aromatic rings. The average Bonchev–Trinajstić information content (AvgIpc) is 2.65. The van der Waals surface area contributed by atoms with E-state index in [9.17, 15) is 4.79 Å². The number of piperidine rings is 1. The molecular formula is C22H28N2O2. The maximum atomic E-state index is 10.9. The number of carbonyl (C=O) groups is 1. The van der Waals surface area contributed by atoms with Crippen molar-refractivity contribution in [1.82, 2.24) is 10.2 Å². The van der Waals surface area contributed by atoms with Crippen LogP contribution in [0.15, 0.2) is 48.5 Å². The van der Waals surface area contributed by atoms with Gasteiger partial charge in [0.2, 0.25) is 0 Å². The number of aromatic carboxylic acids is 1. The molecule has 1 saturated heterocycles. The van der Waals surface area contributed by atoms with E-state index < -0.39 is 5.97 Å². The second kappa shape index (κ2) is 8.97. The maximum Gasteiger partial charge on any atom is 0.335 e. The summed E-state index contributed by atoms with van der Waals surface area (Å²) >= 11 is 0. The molecule has 0 radical (unpaired) electrons. The molecule has 1 atom stereocenters. The van der Waals surface area contributed by atoms with Crippen LogP contribution in [0.4, 0.5) is 0 Å². The summed E-state index contributed by atoms with van der Waals surface area (Å²) < 4.78 is 0. The molecule has 0 saturated carbocycles. The Morgan fingerprint density at radius 3 is 2.50 bits per heavy atom. The Bertz CT molecular complexity index is 727. The number of carboxylic acids is 1. The van der Waals surface area contributed by atoms with Crippen LogP contribution in [0.2, 0.25) is 0 Å². The minimum atomic E-state index is -0.884. The molecule has 0 bridgehead atoms. The van der Waals surface area contributed by atoms with E-state index in [1.165, 1.54) is 36.9 Å². The van der Waals surface area contributed by atoms with Gasteiger partial charge in [0.25, 0.3) is 0 Å². The molecule has 1 unspecified atom stereocenters. The highest BCUT2D eigenvalue weighted by Gasteiger charge is 2.18. The molecule has 138 valence electrons. The van der Waals surface area contributed by atoms with Crippen LogP contribution in [0.1, 0.15) is 53.2 Å². The number of hydrogen-bond acceptors (Lipinski definition) is 3. The third kappa shape index (κ3) is 4.93. The summed E-state index contributed by atoms with van der Waals surface area (Å²) in [6, 6.07) is 16.4. The first-order chi connectivity index (χ1) is 12.6. The fourth-order valence-electron chi connectivity index (χ4n) is 3.60. The smallest absolute Gasteiger partial charge is 0.335 e. The summed E-state index contributed by atoms with van der Waals surface area (Å²) in [5.74, 6) is -0.884. The number of hydrogen-bond donors (Lipinski definition) is 2. The van der Waals surface area contributed by atoms with Crippen LogP contribution in [0, 0.1) is 0 Å². The van der Waals surface area contributed by atoms with E-state index in [4.69, 9.17) is 5.11 Å². The number of rotatable bonds is 7. The maximum absolute atomic E-state index is 10.9. The Morgan fingerprint density at radius 1 is 1.08 bits per heavy atom. The molecule has 3 rings (SSSR count). The zero-order valence-corrected chi connectivity index (χ0v) is 15.4. The van der Waals surface area contributed by atoms with E-state index >= 15 is 0 Å². The largest absolute Gasteiger partial charge is 0.478 e. The van der Waals surface area contributed by atoms with E-state index in [2.05, 4.69) is 41.4 Å². The molecule has 0 amide bonds. The lowest BCUT2D eigenvalue weighted by Gasteiger charge is -2.33. The van der Waals surface area contributed by atoms with Crippen molar-refractivity contribution >= 4 is 5.97 Å². The Morgan fingerprint density at radius 2 is 1.81 bits per heavy atom. The highest BCUT2D eigenvalue weighted by atomic mass is 16.4. The van der Waals surface area contributed by atoms with Gasteiger partial charge in [-0.3, -0.25) is 4.90 Å². The fourth-order valence-corrected chi connectivity index (χ4v) is 3.60. The van der Waals surface area contributed by atoms with Crippen LogP contribution in [0.5, 0.6) is 0 Å². The fraction of sp³-hybridized carbons (Fsp3) is 0.409. The van der Waals surface area contributed by atoms with Gasteiger partial charge < -0.3 is 10.4 Å². The topological polar surface area (TPSA) is 52.6 Å². The van der Waals surface area contributed by atoms with Gasteiger partial charge in [-0.05, 0) is 55.1 Å². The van der Waals surface area contributed by atoms with Crippen molar-refractivity contribution in [3.63, 3.8) is 0 Å². The van der Waals surface area contributed by atoms with E-state index in [0.29, 0.717) is 11.6 Å². The summed E-state index contributed by atoms with van der Waals surface area (Å²) in [7, 11) is 0. The molecule has 0 aromatic heterocycles. The molecule has 1 heterocycles. The first kappa shape index (κ1) is 18.6. The van der Waals surface area contributed by atoms with E-state index in [0.717, 1.165) is 25.2 Å². The summed E-state index contributed by atoms with van der Waals surface area (Å²) in [4.78, 5) is 13.5. The second-order valence-electron chi connectivity index (χ2n) is 7.19. The molecule has 0 spiro atoms. The Balaban J connectivity index is 1.57. The molecule has 2 aromatic carbocycles. The molecule has 26 heavy (non-hydrogen) atoms. The number of nitrogens with one attached hydrogen (secondary N) is 1. The molecule has 0 aliphatic carbocycles. The molecule has 1 aliphatic rings. The second-order valence-corrected chi connectivity index (χ2v) is 7.19. The molecular weight excluding hydrogens is 324 g/mol. The minimum absolute atomic E-state index is 0.328. The predicted molar refractivity (Wildman–Crippen MR) is 104 cm³/mol. The third-order valence-electron chi connectivity index (χ3n) is 5.28.